The highest BCUT2D eigenvalue weighted by Gasteiger charge is 2.37. The predicted molar refractivity (Wildman–Crippen MR) is 139 cm³/mol. The molecule has 4 atom stereocenters. The third-order valence-corrected chi connectivity index (χ3v) is 7.84. The molecule has 0 aliphatic carbocycles. The summed E-state index contributed by atoms with van der Waals surface area (Å²) in [6, 6.07) is 8.35. The Labute approximate surface area is 218 Å². The number of fused-ring (bicyclic) bond motifs is 1. The van der Waals surface area contributed by atoms with Gasteiger partial charge in [-0.05, 0) is 93.2 Å². The number of hydrogen-bond donors (Lipinski definition) is 2. The minimum atomic E-state index is -0.966. The lowest BCUT2D eigenvalue weighted by Crippen LogP contribution is -2.34. The number of aromatic nitrogens is 1. The van der Waals surface area contributed by atoms with Crippen LogP contribution in [-0.2, 0) is 27.1 Å². The van der Waals surface area contributed by atoms with Gasteiger partial charge in [-0.25, -0.2) is 9.37 Å². The van der Waals surface area contributed by atoms with Crippen molar-refractivity contribution in [2.24, 2.45) is 0 Å². The molecule has 7 nitrogen and oxygen atoms in total. The van der Waals surface area contributed by atoms with E-state index in [1.54, 1.807) is 6.07 Å². The van der Waals surface area contributed by atoms with E-state index in [1.807, 2.05) is 4.90 Å². The van der Waals surface area contributed by atoms with Crippen LogP contribution in [0.15, 0.2) is 30.3 Å². The minimum Gasteiger partial charge on any atom is -0.480 e. The van der Waals surface area contributed by atoms with E-state index in [9.17, 15) is 14.3 Å². The molecule has 2 N–H and O–H groups in total. The Bertz CT molecular complexity index is 1090. The van der Waals surface area contributed by atoms with Gasteiger partial charge in [0.25, 0.3) is 0 Å². The molecular formula is C29H38FN3O4. The largest absolute Gasteiger partial charge is 0.480 e. The van der Waals surface area contributed by atoms with Crippen molar-refractivity contribution in [2.45, 2.75) is 82.6 Å². The van der Waals surface area contributed by atoms with Gasteiger partial charge in [0.1, 0.15) is 17.7 Å². The Balaban J connectivity index is 1.12. The average Bonchev–Trinajstić information content (AvgIpc) is 3.57. The molecule has 200 valence electrons. The maximum Gasteiger partial charge on any atom is 0.325 e. The second kappa shape index (κ2) is 11.9. The van der Waals surface area contributed by atoms with Gasteiger partial charge >= 0.3 is 5.97 Å². The molecule has 5 rings (SSSR count). The van der Waals surface area contributed by atoms with E-state index in [2.05, 4.69) is 24.4 Å². The fourth-order valence-electron chi connectivity index (χ4n) is 5.84. The highest BCUT2D eigenvalue weighted by atomic mass is 19.1. The number of nitrogens with zero attached hydrogens (tertiary/aromatic N) is 2. The Kier molecular flexibility index (Phi) is 8.37. The molecule has 0 unspecified atom stereocenters. The van der Waals surface area contributed by atoms with Gasteiger partial charge in [-0.3, -0.25) is 9.69 Å². The highest BCUT2D eigenvalue weighted by Crippen LogP contribution is 2.37. The number of hydrogen-bond acceptors (Lipinski definition) is 6. The van der Waals surface area contributed by atoms with Crippen molar-refractivity contribution in [3.8, 4) is 0 Å². The molecule has 0 saturated carbocycles. The van der Waals surface area contributed by atoms with Crippen LogP contribution < -0.4 is 5.32 Å². The van der Waals surface area contributed by atoms with Crippen LogP contribution in [0.25, 0.3) is 0 Å². The van der Waals surface area contributed by atoms with Gasteiger partial charge in [0, 0.05) is 38.0 Å². The molecule has 4 heterocycles. The molecule has 3 aliphatic heterocycles. The Morgan fingerprint density at radius 3 is 2.97 bits per heavy atom. The summed E-state index contributed by atoms with van der Waals surface area (Å²) in [6.07, 6.45) is 7.39. The molecule has 2 fully saturated rings. The molecule has 0 amide bonds. The number of unbranched alkanes of at least 4 members (excludes halogenated alkanes) is 1. The monoisotopic (exact) mass is 511 g/mol. The molecule has 2 saturated heterocycles. The van der Waals surface area contributed by atoms with Crippen LogP contribution >= 0.6 is 0 Å². The number of carbonyl (C=O) groups is 1. The number of benzene rings is 1. The molecule has 1 aromatic heterocycles. The standard InChI is InChI=1S/C29H38FN3O4/c1-19-7-8-20-9-11-22(32-28(20)31-19)5-2-3-15-36-23-13-14-33(18-23)27(29(34)35)25-17-21(30)10-12-24(25)26-6-4-16-37-26/h9-12,17,19,23,26-27H,2-8,13-16,18H2,1H3,(H,31,32)(H,34,35)/t19-,23+,26-,27+/m0/s1. The van der Waals surface area contributed by atoms with Crippen LogP contribution in [0.2, 0.25) is 0 Å². The van der Waals surface area contributed by atoms with Gasteiger partial charge in [-0.1, -0.05) is 12.1 Å². The number of carboxylic acid groups (broad SMARTS) is 1. The van der Waals surface area contributed by atoms with Gasteiger partial charge < -0.3 is 19.9 Å². The van der Waals surface area contributed by atoms with Crippen LogP contribution in [0.1, 0.15) is 80.0 Å². The fourth-order valence-corrected chi connectivity index (χ4v) is 5.84. The zero-order valence-corrected chi connectivity index (χ0v) is 21.6. The quantitative estimate of drug-likeness (QED) is 0.432. The third kappa shape index (κ3) is 6.30. The van der Waals surface area contributed by atoms with Crippen molar-refractivity contribution < 1.29 is 23.8 Å². The molecular weight excluding hydrogens is 473 g/mol. The number of aryl methyl sites for hydroxylation is 2. The number of anilines is 1. The molecule has 8 heteroatoms. The number of nitrogens with one attached hydrogen (secondary N) is 1. The van der Waals surface area contributed by atoms with Crippen LogP contribution in [0.3, 0.4) is 0 Å². The summed E-state index contributed by atoms with van der Waals surface area (Å²) < 4.78 is 26.1. The van der Waals surface area contributed by atoms with Crippen molar-refractivity contribution in [1.29, 1.82) is 0 Å². The summed E-state index contributed by atoms with van der Waals surface area (Å²) in [5.74, 6) is -0.354. The predicted octanol–water partition coefficient (Wildman–Crippen LogP) is 5.06. The molecule has 2 aromatic rings. The number of pyridine rings is 1. The van der Waals surface area contributed by atoms with Crippen LogP contribution in [-0.4, -0.2) is 59.4 Å². The zero-order chi connectivity index (χ0) is 25.8. The van der Waals surface area contributed by atoms with Crippen molar-refractivity contribution in [2.75, 3.05) is 31.6 Å². The van der Waals surface area contributed by atoms with E-state index in [0.29, 0.717) is 37.9 Å². The lowest BCUT2D eigenvalue weighted by Gasteiger charge is -2.28. The summed E-state index contributed by atoms with van der Waals surface area (Å²) in [5, 5.41) is 13.6. The van der Waals surface area contributed by atoms with Gasteiger partial charge in [-0.15, -0.1) is 0 Å². The number of carboxylic acids is 1. The maximum absolute atomic E-state index is 14.2. The van der Waals surface area contributed by atoms with E-state index in [1.165, 1.54) is 17.7 Å². The van der Waals surface area contributed by atoms with Crippen LogP contribution in [0.5, 0.6) is 0 Å². The molecule has 3 aliphatic rings. The summed E-state index contributed by atoms with van der Waals surface area (Å²) in [7, 11) is 0. The molecule has 0 spiro atoms. The normalized spacial score (nSPS) is 24.5. The molecule has 1 aromatic carbocycles. The number of likely N-dealkylation sites (tertiary alicyclic amines) is 1. The van der Waals surface area contributed by atoms with Crippen molar-refractivity contribution in [1.82, 2.24) is 9.88 Å². The van der Waals surface area contributed by atoms with Gasteiger partial charge in [0.15, 0.2) is 0 Å². The highest BCUT2D eigenvalue weighted by molar-refractivity contribution is 5.76. The van der Waals surface area contributed by atoms with Gasteiger partial charge in [0.2, 0.25) is 0 Å². The topological polar surface area (TPSA) is 83.9 Å². The second-order valence-corrected chi connectivity index (χ2v) is 10.6. The van der Waals surface area contributed by atoms with E-state index >= 15 is 0 Å². The van der Waals surface area contributed by atoms with Crippen molar-refractivity contribution in [3.63, 3.8) is 0 Å². The lowest BCUT2D eigenvalue weighted by atomic mass is 9.94. The Morgan fingerprint density at radius 2 is 2.16 bits per heavy atom. The third-order valence-electron chi connectivity index (χ3n) is 7.84. The minimum absolute atomic E-state index is 0.0193. The summed E-state index contributed by atoms with van der Waals surface area (Å²) in [5.41, 5.74) is 3.70. The summed E-state index contributed by atoms with van der Waals surface area (Å²) >= 11 is 0. The fraction of sp³-hybridized carbons (Fsp3) is 0.586. The Morgan fingerprint density at radius 1 is 1.27 bits per heavy atom. The number of halogens is 1. The first-order valence-corrected chi connectivity index (χ1v) is 13.7. The summed E-state index contributed by atoms with van der Waals surface area (Å²) in [4.78, 5) is 19.1. The van der Waals surface area contributed by atoms with E-state index in [0.717, 1.165) is 68.4 Å². The number of rotatable bonds is 10. The first-order valence-electron chi connectivity index (χ1n) is 13.7. The van der Waals surface area contributed by atoms with Crippen LogP contribution in [0.4, 0.5) is 10.2 Å². The van der Waals surface area contributed by atoms with E-state index in [-0.39, 0.29) is 12.2 Å². The smallest absolute Gasteiger partial charge is 0.325 e. The van der Waals surface area contributed by atoms with Crippen LogP contribution in [0, 0.1) is 5.82 Å². The number of ether oxygens (including phenoxy) is 2. The summed E-state index contributed by atoms with van der Waals surface area (Å²) in [6.45, 7) is 4.61. The molecule has 0 radical (unpaired) electrons. The molecule has 0 bridgehead atoms. The lowest BCUT2D eigenvalue weighted by molar-refractivity contribution is -0.143. The first-order chi connectivity index (χ1) is 18.0. The van der Waals surface area contributed by atoms with Gasteiger partial charge in [-0.2, -0.15) is 0 Å². The second-order valence-electron chi connectivity index (χ2n) is 10.6. The average molecular weight is 512 g/mol. The van der Waals surface area contributed by atoms with Crippen molar-refractivity contribution in [3.05, 3.63) is 58.5 Å². The maximum atomic E-state index is 14.2. The zero-order valence-electron chi connectivity index (χ0n) is 21.6. The molecule has 37 heavy (non-hydrogen) atoms. The van der Waals surface area contributed by atoms with E-state index < -0.39 is 17.8 Å². The van der Waals surface area contributed by atoms with E-state index in [4.69, 9.17) is 14.5 Å². The SMILES string of the molecule is C[C@H]1CCc2ccc(CCCCO[C@@H]3CCN([C@@H](C(=O)O)c4cc(F)ccc4[C@@H]4CCCO4)C3)nc2N1. The number of aliphatic carboxylic acids is 1. The van der Waals surface area contributed by atoms with Gasteiger partial charge in [0.05, 0.1) is 12.2 Å². The Hall–Kier alpha value is -2.55. The first kappa shape index (κ1) is 26.1. The van der Waals surface area contributed by atoms with Crippen molar-refractivity contribution >= 4 is 11.8 Å².